The zero-order chi connectivity index (χ0) is 20.1. The third-order valence-corrected chi connectivity index (χ3v) is 3.92. The number of methoxy groups -OCH3 is 1. The van der Waals surface area contributed by atoms with Gasteiger partial charge in [-0.2, -0.15) is 4.98 Å². The molecule has 0 amide bonds. The monoisotopic (exact) mass is 378 g/mol. The fraction of sp³-hybridized carbons (Fsp3) is 0.211. The van der Waals surface area contributed by atoms with Gasteiger partial charge in [0.25, 0.3) is 0 Å². The van der Waals surface area contributed by atoms with Crippen LogP contribution < -0.4 is 15.4 Å². The van der Waals surface area contributed by atoms with Crippen LogP contribution >= 0.6 is 0 Å². The lowest BCUT2D eigenvalue weighted by Crippen LogP contribution is -2.02. The average molecular weight is 378 g/mol. The molecule has 1 aromatic carbocycles. The topological polar surface area (TPSA) is 102 Å². The van der Waals surface area contributed by atoms with E-state index in [1.807, 2.05) is 45.2 Å². The smallest absolute Gasteiger partial charge is 0.229 e. The van der Waals surface area contributed by atoms with Crippen molar-refractivity contribution in [2.75, 3.05) is 24.8 Å². The van der Waals surface area contributed by atoms with Gasteiger partial charge in [-0.25, -0.2) is 14.6 Å². The molecule has 0 spiro atoms. The van der Waals surface area contributed by atoms with Crippen LogP contribution in [0.2, 0.25) is 0 Å². The molecule has 0 aliphatic carbocycles. The van der Waals surface area contributed by atoms with E-state index in [0.29, 0.717) is 17.5 Å². The van der Waals surface area contributed by atoms with E-state index < -0.39 is 0 Å². The van der Waals surface area contributed by atoms with Crippen LogP contribution in [0.5, 0.6) is 5.75 Å². The minimum Gasteiger partial charge on any atom is -0.496 e. The van der Waals surface area contributed by atoms with Gasteiger partial charge in [0, 0.05) is 36.9 Å². The van der Waals surface area contributed by atoms with Crippen molar-refractivity contribution in [3.63, 3.8) is 0 Å². The molecule has 3 rings (SSSR count). The van der Waals surface area contributed by atoms with Gasteiger partial charge in [0.15, 0.2) is 5.82 Å². The first kappa shape index (κ1) is 19.0. The molecule has 2 heterocycles. The largest absolute Gasteiger partial charge is 0.496 e. The molecule has 0 aliphatic rings. The lowest BCUT2D eigenvalue weighted by atomic mass is 10.1. The van der Waals surface area contributed by atoms with Gasteiger partial charge in [-0.1, -0.05) is 0 Å². The van der Waals surface area contributed by atoms with E-state index in [1.165, 1.54) is 0 Å². The first-order chi connectivity index (χ1) is 13.5. The molecule has 0 saturated heterocycles. The summed E-state index contributed by atoms with van der Waals surface area (Å²) in [6.07, 6.45) is 3.24. The van der Waals surface area contributed by atoms with Crippen LogP contribution in [0.1, 0.15) is 11.5 Å². The Morgan fingerprint density at radius 3 is 2.71 bits per heavy atom. The second kappa shape index (κ2) is 8.30. The molecule has 9 heteroatoms. The standard InChI is InChI=1S/C19H22N8O/c1-12-10-17(21-4)25-19(22-12)24-14-6-7-16(28-5)15(11-14)18-23-13(2)27(26-18)9-8-20-3/h6-11H,3H2,1-2,4-5H3,(H2,21,22,24,25)/b9-8-. The summed E-state index contributed by atoms with van der Waals surface area (Å²) in [7, 11) is 3.43. The molecule has 9 nitrogen and oxygen atoms in total. The van der Waals surface area contributed by atoms with E-state index in [0.717, 1.165) is 28.6 Å². The summed E-state index contributed by atoms with van der Waals surface area (Å²) >= 11 is 0. The second-order valence-electron chi connectivity index (χ2n) is 5.92. The van der Waals surface area contributed by atoms with Crippen LogP contribution in [0.15, 0.2) is 35.5 Å². The molecular weight excluding hydrogens is 356 g/mol. The number of aryl methyl sites for hydroxylation is 2. The molecule has 0 radical (unpaired) electrons. The van der Waals surface area contributed by atoms with Crippen molar-refractivity contribution in [1.29, 1.82) is 0 Å². The molecule has 0 unspecified atom stereocenters. The Bertz CT molecular complexity index is 1020. The third kappa shape index (κ3) is 4.14. The van der Waals surface area contributed by atoms with Crippen molar-refractivity contribution < 1.29 is 4.74 Å². The highest BCUT2D eigenvalue weighted by atomic mass is 16.5. The molecule has 0 fully saturated rings. The number of hydrogen-bond donors (Lipinski definition) is 2. The summed E-state index contributed by atoms with van der Waals surface area (Å²) in [5.74, 6) is 3.15. The Morgan fingerprint density at radius 2 is 2.00 bits per heavy atom. The van der Waals surface area contributed by atoms with Gasteiger partial charge < -0.3 is 15.4 Å². The SMILES string of the molecule is C=N/C=C\n1nc(-c2cc(Nc3nc(C)cc(NC)n3)ccc2OC)nc1C. The normalized spacial score (nSPS) is 10.9. The van der Waals surface area contributed by atoms with E-state index in [-0.39, 0.29) is 0 Å². The van der Waals surface area contributed by atoms with Gasteiger partial charge >= 0.3 is 0 Å². The highest BCUT2D eigenvalue weighted by Crippen LogP contribution is 2.31. The quantitative estimate of drug-likeness (QED) is 0.608. The first-order valence-corrected chi connectivity index (χ1v) is 8.58. The second-order valence-corrected chi connectivity index (χ2v) is 5.92. The molecule has 28 heavy (non-hydrogen) atoms. The maximum absolute atomic E-state index is 5.49. The highest BCUT2D eigenvalue weighted by molar-refractivity contribution is 5.71. The van der Waals surface area contributed by atoms with E-state index in [9.17, 15) is 0 Å². The van der Waals surface area contributed by atoms with Gasteiger partial charge in [-0.05, 0) is 38.8 Å². The molecule has 0 atom stereocenters. The lowest BCUT2D eigenvalue weighted by molar-refractivity contribution is 0.416. The van der Waals surface area contributed by atoms with E-state index in [4.69, 9.17) is 4.74 Å². The maximum Gasteiger partial charge on any atom is 0.229 e. The fourth-order valence-electron chi connectivity index (χ4n) is 2.61. The van der Waals surface area contributed by atoms with E-state index in [1.54, 1.807) is 24.2 Å². The molecule has 144 valence electrons. The molecule has 2 aromatic heterocycles. The van der Waals surface area contributed by atoms with E-state index >= 15 is 0 Å². The lowest BCUT2D eigenvalue weighted by Gasteiger charge is -2.11. The van der Waals surface area contributed by atoms with Crippen LogP contribution in [-0.2, 0) is 0 Å². The molecular formula is C19H22N8O. The summed E-state index contributed by atoms with van der Waals surface area (Å²) in [6, 6.07) is 7.51. The van der Waals surface area contributed by atoms with E-state index in [2.05, 4.69) is 42.4 Å². The van der Waals surface area contributed by atoms with Crippen molar-refractivity contribution in [1.82, 2.24) is 24.7 Å². The molecule has 3 aromatic rings. The van der Waals surface area contributed by atoms with Gasteiger partial charge in [-0.3, -0.25) is 4.99 Å². The number of benzene rings is 1. The Hall–Kier alpha value is -3.75. The predicted octanol–water partition coefficient (Wildman–Crippen LogP) is 3.27. The van der Waals surface area contributed by atoms with Gasteiger partial charge in [-0.15, -0.1) is 5.10 Å². The zero-order valence-electron chi connectivity index (χ0n) is 16.3. The maximum atomic E-state index is 5.49. The number of anilines is 3. The van der Waals surface area contributed by atoms with Crippen LogP contribution in [0.3, 0.4) is 0 Å². The highest BCUT2D eigenvalue weighted by Gasteiger charge is 2.14. The zero-order valence-corrected chi connectivity index (χ0v) is 16.3. The van der Waals surface area contributed by atoms with Crippen molar-refractivity contribution in [3.05, 3.63) is 42.0 Å². The predicted molar refractivity (Wildman–Crippen MR) is 111 cm³/mol. The number of ether oxygens (including phenoxy) is 1. The summed E-state index contributed by atoms with van der Waals surface area (Å²) in [5.41, 5.74) is 2.39. The number of rotatable bonds is 7. The summed E-state index contributed by atoms with van der Waals surface area (Å²) in [6.45, 7) is 7.20. The first-order valence-electron chi connectivity index (χ1n) is 8.58. The van der Waals surface area contributed by atoms with Crippen molar-refractivity contribution >= 4 is 30.4 Å². The van der Waals surface area contributed by atoms with Crippen LogP contribution in [-0.4, -0.2) is 45.6 Å². The molecule has 0 saturated carbocycles. The van der Waals surface area contributed by atoms with Crippen LogP contribution in [0.25, 0.3) is 17.6 Å². The minimum absolute atomic E-state index is 0.495. The summed E-state index contributed by atoms with van der Waals surface area (Å²) in [4.78, 5) is 17.1. The Kier molecular flexibility index (Phi) is 5.64. The number of hydrogen-bond acceptors (Lipinski definition) is 8. The number of nitrogens with one attached hydrogen (secondary N) is 2. The van der Waals surface area contributed by atoms with Crippen molar-refractivity contribution in [3.8, 4) is 17.1 Å². The average Bonchev–Trinajstić information content (AvgIpc) is 3.06. The number of aromatic nitrogens is 5. The summed E-state index contributed by atoms with van der Waals surface area (Å²) in [5, 5.41) is 10.7. The van der Waals surface area contributed by atoms with Crippen molar-refractivity contribution in [2.24, 2.45) is 4.99 Å². The molecule has 0 bridgehead atoms. The minimum atomic E-state index is 0.495. The molecule has 2 N–H and O–H groups in total. The fourth-order valence-corrected chi connectivity index (χ4v) is 2.61. The number of aliphatic imine (C=N–C) groups is 1. The van der Waals surface area contributed by atoms with Gasteiger partial charge in [0.05, 0.1) is 12.7 Å². The Morgan fingerprint density at radius 1 is 1.18 bits per heavy atom. The third-order valence-electron chi connectivity index (χ3n) is 3.92. The van der Waals surface area contributed by atoms with Crippen LogP contribution in [0.4, 0.5) is 17.5 Å². The number of nitrogens with zero attached hydrogens (tertiary/aromatic N) is 6. The molecule has 0 aliphatic heterocycles. The summed E-state index contributed by atoms with van der Waals surface area (Å²) < 4.78 is 7.12. The van der Waals surface area contributed by atoms with Crippen LogP contribution in [0, 0.1) is 13.8 Å². The van der Waals surface area contributed by atoms with Gasteiger partial charge in [0.2, 0.25) is 5.95 Å². The van der Waals surface area contributed by atoms with Gasteiger partial charge in [0.1, 0.15) is 17.4 Å². The Labute approximate surface area is 163 Å². The van der Waals surface area contributed by atoms with Crippen molar-refractivity contribution in [2.45, 2.75) is 13.8 Å². The Balaban J connectivity index is 1.98.